The van der Waals surface area contributed by atoms with E-state index in [0.29, 0.717) is 13.2 Å². The standard InChI is InChI=1S/C41H54O8S2Si2/c1-42-52(43-2,44-3)31-29-50-27-11-25-48-35-21-17-33(18-22-35)41(39-15-9-7-13-37(39)38-14-8-10-16-40(38)41)34-19-23-36(24-20-34)49-26-12-28-51-30-32-53(45-4,46-5)47-6/h7-10,13-24H,11-12,25-32H2,1-6H3. The molecule has 0 radical (unpaired) electrons. The van der Waals surface area contributed by atoms with Crippen LogP contribution in [0.4, 0.5) is 0 Å². The van der Waals surface area contributed by atoms with Gasteiger partial charge in [-0.05, 0) is 93.5 Å². The van der Waals surface area contributed by atoms with E-state index in [0.717, 1.165) is 59.4 Å². The van der Waals surface area contributed by atoms with Crippen LogP contribution in [-0.4, -0.2) is 96.5 Å². The van der Waals surface area contributed by atoms with Crippen molar-refractivity contribution in [3.63, 3.8) is 0 Å². The van der Waals surface area contributed by atoms with E-state index in [-0.39, 0.29) is 0 Å². The molecule has 1 aliphatic rings. The van der Waals surface area contributed by atoms with Gasteiger partial charge in [0.2, 0.25) is 0 Å². The molecular weight excluding hydrogens is 741 g/mol. The number of hydrogen-bond donors (Lipinski definition) is 0. The maximum Gasteiger partial charge on any atom is 0.500 e. The van der Waals surface area contributed by atoms with Gasteiger partial charge in [-0.1, -0.05) is 72.8 Å². The quantitative estimate of drug-likeness (QED) is 0.0447. The predicted molar refractivity (Wildman–Crippen MR) is 222 cm³/mol. The monoisotopic (exact) mass is 794 g/mol. The maximum absolute atomic E-state index is 6.21. The third-order valence-corrected chi connectivity index (χ3v) is 18.2. The fourth-order valence-electron chi connectivity index (χ4n) is 7.04. The predicted octanol–water partition coefficient (Wildman–Crippen LogP) is 8.81. The fraction of sp³-hybridized carbons (Fsp3) is 0.415. The highest BCUT2D eigenvalue weighted by Gasteiger charge is 2.46. The van der Waals surface area contributed by atoms with Gasteiger partial charge in [-0.25, -0.2) is 0 Å². The lowest BCUT2D eigenvalue weighted by atomic mass is 9.68. The molecule has 0 bridgehead atoms. The van der Waals surface area contributed by atoms with E-state index in [1.54, 1.807) is 42.7 Å². The minimum Gasteiger partial charge on any atom is -0.494 e. The van der Waals surface area contributed by atoms with E-state index in [1.807, 2.05) is 23.5 Å². The summed E-state index contributed by atoms with van der Waals surface area (Å²) >= 11 is 3.74. The summed E-state index contributed by atoms with van der Waals surface area (Å²) in [5.41, 5.74) is 7.02. The maximum atomic E-state index is 6.21. The van der Waals surface area contributed by atoms with Gasteiger partial charge in [-0.15, -0.1) is 0 Å². The lowest BCUT2D eigenvalue weighted by Crippen LogP contribution is -2.43. The first-order valence-electron chi connectivity index (χ1n) is 18.1. The van der Waals surface area contributed by atoms with Gasteiger partial charge in [0.15, 0.2) is 0 Å². The zero-order valence-corrected chi connectivity index (χ0v) is 35.5. The molecule has 0 aliphatic heterocycles. The van der Waals surface area contributed by atoms with E-state index in [4.69, 9.17) is 36.0 Å². The Kier molecular flexibility index (Phi) is 15.9. The summed E-state index contributed by atoms with van der Waals surface area (Å²) in [6, 6.07) is 36.5. The molecule has 4 aromatic rings. The summed E-state index contributed by atoms with van der Waals surface area (Å²) in [6.45, 7) is 1.31. The first-order valence-corrected chi connectivity index (χ1v) is 24.2. The van der Waals surface area contributed by atoms with Crippen LogP contribution < -0.4 is 9.47 Å². The highest BCUT2D eigenvalue weighted by molar-refractivity contribution is 7.99. The average Bonchev–Trinajstić information content (AvgIpc) is 3.52. The van der Waals surface area contributed by atoms with Crippen molar-refractivity contribution in [1.82, 2.24) is 0 Å². The number of ether oxygens (including phenoxy) is 2. The Morgan fingerprint density at radius 3 is 1.17 bits per heavy atom. The van der Waals surface area contributed by atoms with Crippen LogP contribution in [-0.2, 0) is 32.0 Å². The molecular formula is C41H54O8S2Si2. The van der Waals surface area contributed by atoms with Crippen molar-refractivity contribution in [2.75, 3.05) is 78.9 Å². The highest BCUT2D eigenvalue weighted by atomic mass is 32.2. The van der Waals surface area contributed by atoms with Crippen LogP contribution in [0, 0.1) is 0 Å². The molecule has 0 unspecified atom stereocenters. The van der Waals surface area contributed by atoms with Crippen LogP contribution in [0.3, 0.4) is 0 Å². The van der Waals surface area contributed by atoms with Crippen molar-refractivity contribution in [2.45, 2.75) is 30.3 Å². The Balaban J connectivity index is 1.24. The topological polar surface area (TPSA) is 73.8 Å². The first-order chi connectivity index (χ1) is 25.9. The Morgan fingerprint density at radius 1 is 0.453 bits per heavy atom. The number of hydrogen-bond acceptors (Lipinski definition) is 10. The van der Waals surface area contributed by atoms with Gasteiger partial charge in [0.1, 0.15) is 11.5 Å². The molecule has 12 heteroatoms. The third kappa shape index (κ3) is 9.61. The first kappa shape index (κ1) is 41.5. The van der Waals surface area contributed by atoms with Crippen LogP contribution in [0.2, 0.25) is 12.1 Å². The Labute approximate surface area is 326 Å². The van der Waals surface area contributed by atoms with Crippen molar-refractivity contribution < 1.29 is 36.0 Å². The molecule has 0 N–H and O–H groups in total. The number of thioether (sulfide) groups is 2. The van der Waals surface area contributed by atoms with E-state index in [9.17, 15) is 0 Å². The van der Waals surface area contributed by atoms with Crippen LogP contribution in [0.15, 0.2) is 97.1 Å². The molecule has 53 heavy (non-hydrogen) atoms. The van der Waals surface area contributed by atoms with Gasteiger partial charge < -0.3 is 36.0 Å². The molecule has 0 amide bonds. The summed E-state index contributed by atoms with van der Waals surface area (Å²) in [4.78, 5) is 0. The van der Waals surface area contributed by atoms with Gasteiger partial charge >= 0.3 is 17.6 Å². The van der Waals surface area contributed by atoms with E-state index < -0.39 is 23.0 Å². The van der Waals surface area contributed by atoms with Gasteiger partial charge in [-0.3, -0.25) is 0 Å². The molecule has 0 aromatic heterocycles. The van der Waals surface area contributed by atoms with Gasteiger partial charge in [0.25, 0.3) is 0 Å². The molecule has 0 fully saturated rings. The van der Waals surface area contributed by atoms with Crippen LogP contribution in [0.5, 0.6) is 11.5 Å². The minimum atomic E-state index is -2.52. The number of fused-ring (bicyclic) bond motifs is 3. The normalized spacial score (nSPS) is 13.5. The lowest BCUT2D eigenvalue weighted by Gasteiger charge is -2.34. The molecule has 1 aliphatic carbocycles. The fourth-order valence-corrected chi connectivity index (χ4v) is 13.5. The SMILES string of the molecule is CO[Si](CCSCCCOc1ccc(C2(c3ccc(OCCCSCC[Si](OC)(OC)OC)cc3)c3ccccc3-c3ccccc32)cc1)(OC)OC. The average molecular weight is 795 g/mol. The molecule has 4 aromatic carbocycles. The molecule has 0 spiro atoms. The second-order valence-electron chi connectivity index (χ2n) is 12.6. The second kappa shape index (κ2) is 20.3. The van der Waals surface area contributed by atoms with Crippen molar-refractivity contribution in [1.29, 1.82) is 0 Å². The lowest BCUT2D eigenvalue weighted by molar-refractivity contribution is 0.125. The molecule has 286 valence electrons. The molecule has 0 saturated heterocycles. The minimum absolute atomic E-state index is 0.478. The summed E-state index contributed by atoms with van der Waals surface area (Å²) in [7, 11) is 4.92. The Hall–Kier alpha value is -2.63. The van der Waals surface area contributed by atoms with Crippen LogP contribution >= 0.6 is 23.5 Å². The summed E-state index contributed by atoms with van der Waals surface area (Å²) in [5.74, 6) is 5.59. The molecule has 0 heterocycles. The van der Waals surface area contributed by atoms with E-state index in [1.165, 1.54) is 33.4 Å². The van der Waals surface area contributed by atoms with Crippen molar-refractivity contribution in [3.8, 4) is 22.6 Å². The van der Waals surface area contributed by atoms with E-state index in [2.05, 4.69) is 97.1 Å². The number of rotatable bonds is 24. The van der Waals surface area contributed by atoms with Crippen molar-refractivity contribution in [3.05, 3.63) is 119 Å². The van der Waals surface area contributed by atoms with E-state index >= 15 is 0 Å². The molecule has 8 nitrogen and oxygen atoms in total. The third-order valence-electron chi connectivity index (χ3n) is 9.90. The second-order valence-corrected chi connectivity index (χ2v) is 21.2. The number of benzene rings is 4. The Bertz CT molecular complexity index is 1540. The zero-order valence-electron chi connectivity index (χ0n) is 31.9. The highest BCUT2D eigenvalue weighted by Crippen LogP contribution is 2.56. The largest absolute Gasteiger partial charge is 0.500 e. The van der Waals surface area contributed by atoms with Gasteiger partial charge in [-0.2, -0.15) is 23.5 Å². The summed E-state index contributed by atoms with van der Waals surface area (Å²) in [5, 5.41) is 0. The van der Waals surface area contributed by atoms with Crippen molar-refractivity contribution >= 4 is 41.1 Å². The smallest absolute Gasteiger partial charge is 0.494 e. The van der Waals surface area contributed by atoms with Gasteiger partial charge in [0, 0.05) is 54.7 Å². The molecule has 0 atom stereocenters. The summed E-state index contributed by atoms with van der Waals surface area (Å²) in [6.07, 6.45) is 1.90. The molecule has 5 rings (SSSR count). The van der Waals surface area contributed by atoms with Crippen LogP contribution in [0.25, 0.3) is 11.1 Å². The zero-order chi connectivity index (χ0) is 37.6. The Morgan fingerprint density at radius 2 is 0.811 bits per heavy atom. The van der Waals surface area contributed by atoms with Gasteiger partial charge in [0.05, 0.1) is 18.6 Å². The van der Waals surface area contributed by atoms with Crippen LogP contribution in [0.1, 0.15) is 35.1 Å². The molecule has 0 saturated carbocycles. The van der Waals surface area contributed by atoms with Crippen molar-refractivity contribution in [2.24, 2.45) is 0 Å². The summed E-state index contributed by atoms with van der Waals surface area (Å²) < 4.78 is 45.6.